The molecule has 0 aliphatic carbocycles. The van der Waals surface area contributed by atoms with E-state index in [0.717, 1.165) is 11.1 Å². The maximum Gasteiger partial charge on any atom is 0.256 e. The van der Waals surface area contributed by atoms with Crippen LogP contribution in [0.4, 0.5) is 4.39 Å². The van der Waals surface area contributed by atoms with Gasteiger partial charge in [-0.15, -0.1) is 0 Å². The molecule has 3 aromatic rings. The topological polar surface area (TPSA) is 46.1 Å². The number of carbonyl (C=O) groups is 1. The predicted octanol–water partition coefficient (Wildman–Crippen LogP) is 4.18. The van der Waals surface area contributed by atoms with Gasteiger partial charge < -0.3 is 4.90 Å². The zero-order valence-corrected chi connectivity index (χ0v) is 14.8. The Labute approximate surface area is 152 Å². The van der Waals surface area contributed by atoms with Gasteiger partial charge in [-0.1, -0.05) is 18.2 Å². The maximum absolute atomic E-state index is 13.8. The Balaban J connectivity index is 2.09. The van der Waals surface area contributed by atoms with Crippen LogP contribution >= 0.6 is 0 Å². The summed E-state index contributed by atoms with van der Waals surface area (Å²) < 4.78 is 13.8. The van der Waals surface area contributed by atoms with E-state index in [1.807, 2.05) is 19.1 Å². The van der Waals surface area contributed by atoms with Crippen molar-refractivity contribution in [1.82, 2.24) is 14.9 Å². The average molecular weight is 349 g/mol. The van der Waals surface area contributed by atoms with Gasteiger partial charge in [0.25, 0.3) is 5.91 Å². The molecule has 26 heavy (non-hydrogen) atoms. The molecular weight excluding hydrogens is 329 g/mol. The van der Waals surface area contributed by atoms with Gasteiger partial charge in [0, 0.05) is 31.3 Å². The second-order valence-electron chi connectivity index (χ2n) is 6.03. The Hall–Kier alpha value is -3.08. The Bertz CT molecular complexity index is 884. The predicted molar refractivity (Wildman–Crippen MR) is 98.2 cm³/mol. The molecule has 1 unspecified atom stereocenters. The summed E-state index contributed by atoms with van der Waals surface area (Å²) in [6.45, 7) is 4.14. The molecule has 0 aliphatic heterocycles. The van der Waals surface area contributed by atoms with Crippen LogP contribution < -0.4 is 0 Å². The van der Waals surface area contributed by atoms with E-state index in [0.29, 0.717) is 17.7 Å². The summed E-state index contributed by atoms with van der Waals surface area (Å²) >= 11 is 0. The fraction of sp³-hybridized carbons (Fsp3) is 0.190. The van der Waals surface area contributed by atoms with Crippen molar-refractivity contribution in [3.63, 3.8) is 0 Å². The largest absolute Gasteiger partial charge is 0.328 e. The van der Waals surface area contributed by atoms with Gasteiger partial charge in [0.2, 0.25) is 0 Å². The highest BCUT2D eigenvalue weighted by Gasteiger charge is 2.27. The Morgan fingerprint density at radius 2 is 1.81 bits per heavy atom. The molecule has 5 heteroatoms. The highest BCUT2D eigenvalue weighted by Crippen LogP contribution is 2.30. The molecule has 0 aliphatic rings. The lowest BCUT2D eigenvalue weighted by Crippen LogP contribution is -2.35. The molecule has 0 bridgehead atoms. The number of nitrogens with zero attached hydrogens (tertiary/aromatic N) is 3. The normalized spacial score (nSPS) is 11.8. The lowest BCUT2D eigenvalue weighted by molar-refractivity contribution is 0.0716. The highest BCUT2D eigenvalue weighted by atomic mass is 19.1. The summed E-state index contributed by atoms with van der Waals surface area (Å²) in [5, 5.41) is 0. The zero-order chi connectivity index (χ0) is 18.5. The lowest BCUT2D eigenvalue weighted by atomic mass is 9.96. The molecule has 132 valence electrons. The van der Waals surface area contributed by atoms with Gasteiger partial charge in [-0.25, -0.2) is 4.39 Å². The first-order valence-electron chi connectivity index (χ1n) is 8.48. The SMILES string of the molecule is CCN(C(=O)c1cccnc1)C(c1cccnc1)c1ccc(F)c(C)c1. The summed E-state index contributed by atoms with van der Waals surface area (Å²) in [5.74, 6) is -0.392. The Morgan fingerprint density at radius 1 is 1.08 bits per heavy atom. The van der Waals surface area contributed by atoms with Crippen LogP contribution in [0, 0.1) is 12.7 Å². The molecule has 2 aromatic heterocycles. The van der Waals surface area contributed by atoms with Crippen molar-refractivity contribution < 1.29 is 9.18 Å². The summed E-state index contributed by atoms with van der Waals surface area (Å²) in [6.07, 6.45) is 6.62. The molecule has 0 fully saturated rings. The van der Waals surface area contributed by atoms with E-state index in [4.69, 9.17) is 0 Å². The van der Waals surface area contributed by atoms with Crippen molar-refractivity contribution in [1.29, 1.82) is 0 Å². The van der Waals surface area contributed by atoms with Crippen molar-refractivity contribution in [2.24, 2.45) is 0 Å². The second-order valence-corrected chi connectivity index (χ2v) is 6.03. The third-order valence-corrected chi connectivity index (χ3v) is 4.32. The number of rotatable bonds is 5. The molecule has 4 nitrogen and oxygen atoms in total. The molecule has 0 N–H and O–H groups in total. The number of hydrogen-bond acceptors (Lipinski definition) is 3. The van der Waals surface area contributed by atoms with Crippen molar-refractivity contribution >= 4 is 5.91 Å². The monoisotopic (exact) mass is 349 g/mol. The van der Waals surface area contributed by atoms with Crippen molar-refractivity contribution in [2.75, 3.05) is 6.54 Å². The first kappa shape index (κ1) is 17.7. The third-order valence-electron chi connectivity index (χ3n) is 4.32. The van der Waals surface area contributed by atoms with E-state index in [2.05, 4.69) is 9.97 Å². The molecule has 3 rings (SSSR count). The number of hydrogen-bond donors (Lipinski definition) is 0. The standard InChI is InChI=1S/C21H20FN3O/c1-3-25(21(26)18-7-5-11-24-14-18)20(17-6-4-10-23-13-17)16-8-9-19(22)15(2)12-16/h4-14,20H,3H2,1-2H3. The minimum Gasteiger partial charge on any atom is -0.328 e. The molecule has 1 aromatic carbocycles. The second kappa shape index (κ2) is 7.87. The minimum atomic E-state index is -0.360. The van der Waals surface area contributed by atoms with Crippen LogP contribution in [0.1, 0.15) is 40.0 Å². The number of amides is 1. The maximum atomic E-state index is 13.8. The number of carbonyl (C=O) groups excluding carboxylic acids is 1. The van der Waals surface area contributed by atoms with Gasteiger partial charge in [-0.3, -0.25) is 14.8 Å². The van der Waals surface area contributed by atoms with E-state index in [1.165, 1.54) is 6.07 Å². The van der Waals surface area contributed by atoms with Crippen molar-refractivity contribution in [3.8, 4) is 0 Å². The van der Waals surface area contributed by atoms with E-state index < -0.39 is 0 Å². The van der Waals surface area contributed by atoms with E-state index in [9.17, 15) is 9.18 Å². The van der Waals surface area contributed by atoms with Gasteiger partial charge in [0.15, 0.2) is 0 Å². The smallest absolute Gasteiger partial charge is 0.256 e. The summed E-state index contributed by atoms with van der Waals surface area (Å²) in [7, 11) is 0. The number of aryl methyl sites for hydroxylation is 1. The first-order chi connectivity index (χ1) is 12.6. The molecule has 0 radical (unpaired) electrons. The van der Waals surface area contributed by atoms with Crippen molar-refractivity contribution in [3.05, 3.63) is 95.3 Å². The zero-order valence-electron chi connectivity index (χ0n) is 14.8. The van der Waals surface area contributed by atoms with Crippen LogP contribution in [0.2, 0.25) is 0 Å². The quantitative estimate of drug-likeness (QED) is 0.694. The van der Waals surface area contributed by atoms with Crippen LogP contribution in [0.5, 0.6) is 0 Å². The third kappa shape index (κ3) is 3.61. The lowest BCUT2D eigenvalue weighted by Gasteiger charge is -2.32. The number of benzene rings is 1. The minimum absolute atomic E-state index is 0.128. The first-order valence-corrected chi connectivity index (χ1v) is 8.48. The molecule has 2 heterocycles. The van der Waals surface area contributed by atoms with E-state index in [1.54, 1.807) is 60.9 Å². The Morgan fingerprint density at radius 3 is 2.38 bits per heavy atom. The van der Waals surface area contributed by atoms with Crippen LogP contribution in [0.3, 0.4) is 0 Å². The summed E-state index contributed by atoms with van der Waals surface area (Å²) in [4.78, 5) is 23.1. The molecule has 0 saturated carbocycles. The molecule has 0 saturated heterocycles. The average Bonchev–Trinajstić information content (AvgIpc) is 2.69. The molecule has 1 amide bonds. The van der Waals surface area contributed by atoms with Crippen molar-refractivity contribution in [2.45, 2.75) is 19.9 Å². The molecule has 1 atom stereocenters. The molecular formula is C21H20FN3O. The fourth-order valence-corrected chi connectivity index (χ4v) is 3.03. The van der Waals surface area contributed by atoms with Crippen LogP contribution in [-0.4, -0.2) is 27.3 Å². The van der Waals surface area contributed by atoms with Gasteiger partial charge in [-0.2, -0.15) is 0 Å². The molecule has 0 spiro atoms. The summed E-state index contributed by atoms with van der Waals surface area (Å²) in [6, 6.07) is 11.8. The van der Waals surface area contributed by atoms with Gasteiger partial charge in [0.1, 0.15) is 5.82 Å². The number of aromatic nitrogens is 2. The van der Waals surface area contributed by atoms with E-state index >= 15 is 0 Å². The van der Waals surface area contributed by atoms with Gasteiger partial charge in [-0.05, 0) is 54.8 Å². The Kier molecular flexibility index (Phi) is 5.37. The van der Waals surface area contributed by atoms with Crippen LogP contribution in [0.15, 0.2) is 67.3 Å². The number of halogens is 1. The van der Waals surface area contributed by atoms with Gasteiger partial charge >= 0.3 is 0 Å². The summed E-state index contributed by atoms with van der Waals surface area (Å²) in [5.41, 5.74) is 2.77. The van der Waals surface area contributed by atoms with Gasteiger partial charge in [0.05, 0.1) is 11.6 Å². The van der Waals surface area contributed by atoms with Crippen LogP contribution in [0.25, 0.3) is 0 Å². The highest BCUT2D eigenvalue weighted by molar-refractivity contribution is 5.94. The number of pyridine rings is 2. The van der Waals surface area contributed by atoms with E-state index in [-0.39, 0.29) is 17.8 Å². The fourth-order valence-electron chi connectivity index (χ4n) is 3.03. The van der Waals surface area contributed by atoms with Crippen LogP contribution in [-0.2, 0) is 0 Å².